The smallest absolute Gasteiger partial charge is 0.256 e. The highest BCUT2D eigenvalue weighted by Crippen LogP contribution is 2.25. The minimum atomic E-state index is -0.348. The first-order chi connectivity index (χ1) is 9.92. The summed E-state index contributed by atoms with van der Waals surface area (Å²) in [5.74, 6) is -0.348. The Morgan fingerprint density at radius 1 is 1.38 bits per heavy atom. The molecule has 0 saturated heterocycles. The first-order valence-corrected chi connectivity index (χ1v) is 7.16. The Hall–Kier alpha value is -2.03. The lowest BCUT2D eigenvalue weighted by Gasteiger charge is -2.11. The van der Waals surface area contributed by atoms with Crippen molar-refractivity contribution in [2.75, 3.05) is 11.1 Å². The fraction of sp³-hybridized carbons (Fsp3) is 0.0667. The number of nitrogen functional groups attached to an aromatic ring is 1. The van der Waals surface area contributed by atoms with E-state index in [2.05, 4.69) is 21.2 Å². The van der Waals surface area contributed by atoms with E-state index in [9.17, 15) is 4.79 Å². The number of anilines is 2. The Morgan fingerprint density at radius 2 is 2.10 bits per heavy atom. The van der Waals surface area contributed by atoms with Crippen molar-refractivity contribution >= 4 is 44.8 Å². The first-order valence-electron chi connectivity index (χ1n) is 5.99. The number of nitrogens with two attached hydrogens (primary N) is 1. The molecular formula is C15H11BrClN3O. The van der Waals surface area contributed by atoms with Crippen LogP contribution in [0, 0.1) is 18.3 Å². The van der Waals surface area contributed by atoms with E-state index in [1.807, 2.05) is 6.07 Å². The maximum absolute atomic E-state index is 12.4. The van der Waals surface area contributed by atoms with Crippen molar-refractivity contribution in [3.8, 4) is 6.07 Å². The highest BCUT2D eigenvalue weighted by Gasteiger charge is 2.14. The number of nitrogens with one attached hydrogen (secondary N) is 1. The van der Waals surface area contributed by atoms with Crippen molar-refractivity contribution in [1.29, 1.82) is 5.26 Å². The molecule has 4 nitrogen and oxygen atoms in total. The molecule has 0 atom stereocenters. The standard InChI is InChI=1S/C15H11BrClN3O/c1-8-12(4-10(16)5-13(8)19)15(21)20-14-6-11(17)3-2-9(14)7-18/h2-6H,19H2,1H3,(H,20,21). The van der Waals surface area contributed by atoms with Crippen LogP contribution in [0.1, 0.15) is 21.5 Å². The van der Waals surface area contributed by atoms with Crippen LogP contribution in [0.4, 0.5) is 11.4 Å². The van der Waals surface area contributed by atoms with Crippen molar-refractivity contribution in [3.05, 3.63) is 56.5 Å². The fourth-order valence-electron chi connectivity index (χ4n) is 1.84. The van der Waals surface area contributed by atoms with Crippen molar-refractivity contribution in [1.82, 2.24) is 0 Å². The van der Waals surface area contributed by atoms with Crippen LogP contribution >= 0.6 is 27.5 Å². The van der Waals surface area contributed by atoms with Gasteiger partial charge in [-0.15, -0.1) is 0 Å². The molecule has 2 rings (SSSR count). The largest absolute Gasteiger partial charge is 0.398 e. The van der Waals surface area contributed by atoms with Gasteiger partial charge in [0.2, 0.25) is 0 Å². The third kappa shape index (κ3) is 3.35. The van der Waals surface area contributed by atoms with E-state index in [-0.39, 0.29) is 5.91 Å². The lowest BCUT2D eigenvalue weighted by atomic mass is 10.1. The van der Waals surface area contributed by atoms with Crippen LogP contribution in [-0.2, 0) is 0 Å². The second kappa shape index (κ2) is 6.17. The van der Waals surface area contributed by atoms with Gasteiger partial charge in [-0.1, -0.05) is 27.5 Å². The van der Waals surface area contributed by atoms with Crippen LogP contribution in [0.2, 0.25) is 5.02 Å². The number of hydrogen-bond acceptors (Lipinski definition) is 3. The van der Waals surface area contributed by atoms with Crippen molar-refractivity contribution in [2.24, 2.45) is 0 Å². The van der Waals surface area contributed by atoms with Gasteiger partial charge in [-0.3, -0.25) is 4.79 Å². The Balaban J connectivity index is 2.40. The minimum Gasteiger partial charge on any atom is -0.398 e. The summed E-state index contributed by atoms with van der Waals surface area (Å²) in [4.78, 5) is 12.4. The first kappa shape index (κ1) is 15.4. The highest BCUT2D eigenvalue weighted by molar-refractivity contribution is 9.10. The van der Waals surface area contributed by atoms with E-state index in [4.69, 9.17) is 22.6 Å². The van der Waals surface area contributed by atoms with Gasteiger partial charge in [0, 0.05) is 20.7 Å². The number of nitrogens with zero attached hydrogens (tertiary/aromatic N) is 1. The van der Waals surface area contributed by atoms with Crippen LogP contribution in [0.3, 0.4) is 0 Å². The summed E-state index contributed by atoms with van der Waals surface area (Å²) >= 11 is 9.20. The molecule has 0 aliphatic heterocycles. The molecule has 2 aromatic rings. The number of carbonyl (C=O) groups excluding carboxylic acids is 1. The molecule has 3 N–H and O–H groups in total. The van der Waals surface area contributed by atoms with E-state index in [0.717, 1.165) is 0 Å². The van der Waals surface area contributed by atoms with Crippen molar-refractivity contribution in [3.63, 3.8) is 0 Å². The van der Waals surface area contributed by atoms with Gasteiger partial charge in [-0.05, 0) is 42.8 Å². The summed E-state index contributed by atoms with van der Waals surface area (Å²) in [6.07, 6.45) is 0. The zero-order valence-corrected chi connectivity index (χ0v) is 13.4. The Bertz CT molecular complexity index is 768. The van der Waals surface area contributed by atoms with Crippen LogP contribution < -0.4 is 11.1 Å². The molecule has 0 aliphatic rings. The maximum atomic E-state index is 12.4. The number of nitriles is 1. The summed E-state index contributed by atoms with van der Waals surface area (Å²) < 4.78 is 0.711. The predicted octanol–water partition coefficient (Wildman–Crippen LogP) is 4.12. The van der Waals surface area contributed by atoms with Gasteiger partial charge in [0.15, 0.2) is 0 Å². The number of carbonyl (C=O) groups is 1. The van der Waals surface area contributed by atoms with Crippen LogP contribution in [0.25, 0.3) is 0 Å². The Labute approximate surface area is 135 Å². The quantitative estimate of drug-likeness (QED) is 0.787. The molecule has 0 unspecified atom stereocenters. The molecule has 0 saturated carbocycles. The van der Waals surface area contributed by atoms with Gasteiger partial charge in [0.05, 0.1) is 11.3 Å². The molecule has 106 valence electrons. The maximum Gasteiger partial charge on any atom is 0.256 e. The highest BCUT2D eigenvalue weighted by atomic mass is 79.9. The van der Waals surface area contributed by atoms with Crippen molar-refractivity contribution in [2.45, 2.75) is 6.92 Å². The molecule has 0 bridgehead atoms. The Morgan fingerprint density at radius 3 is 2.76 bits per heavy atom. The molecule has 0 heterocycles. The van der Waals surface area contributed by atoms with E-state index >= 15 is 0 Å². The summed E-state index contributed by atoms with van der Waals surface area (Å²) in [6.45, 7) is 1.76. The molecule has 0 radical (unpaired) electrons. The normalized spacial score (nSPS) is 10.0. The second-order valence-electron chi connectivity index (χ2n) is 4.42. The van der Waals surface area contributed by atoms with E-state index < -0.39 is 0 Å². The molecule has 1 amide bonds. The zero-order chi connectivity index (χ0) is 15.6. The van der Waals surface area contributed by atoms with Gasteiger partial charge in [0.25, 0.3) is 5.91 Å². The number of hydrogen-bond donors (Lipinski definition) is 2. The fourth-order valence-corrected chi connectivity index (χ4v) is 2.49. The molecule has 2 aromatic carbocycles. The van der Waals surface area contributed by atoms with Gasteiger partial charge < -0.3 is 11.1 Å². The minimum absolute atomic E-state index is 0.341. The van der Waals surface area contributed by atoms with Crippen LogP contribution in [0.5, 0.6) is 0 Å². The summed E-state index contributed by atoms with van der Waals surface area (Å²) in [6, 6.07) is 10.1. The summed E-state index contributed by atoms with van der Waals surface area (Å²) in [5, 5.41) is 12.2. The van der Waals surface area contributed by atoms with E-state index in [1.165, 1.54) is 6.07 Å². The van der Waals surface area contributed by atoms with Crippen molar-refractivity contribution < 1.29 is 4.79 Å². The number of halogens is 2. The van der Waals surface area contributed by atoms with E-state index in [1.54, 1.807) is 31.2 Å². The third-order valence-electron chi connectivity index (χ3n) is 3.01. The molecule has 0 spiro atoms. The molecule has 21 heavy (non-hydrogen) atoms. The molecule has 0 aliphatic carbocycles. The number of rotatable bonds is 2. The molecular weight excluding hydrogens is 354 g/mol. The Kier molecular flexibility index (Phi) is 4.51. The third-order valence-corrected chi connectivity index (χ3v) is 3.70. The molecule has 0 fully saturated rings. The SMILES string of the molecule is Cc1c(N)cc(Br)cc1C(=O)Nc1cc(Cl)ccc1C#N. The second-order valence-corrected chi connectivity index (χ2v) is 5.78. The lowest BCUT2D eigenvalue weighted by molar-refractivity contribution is 0.102. The number of amides is 1. The monoisotopic (exact) mass is 363 g/mol. The number of benzene rings is 2. The van der Waals surface area contributed by atoms with Crippen LogP contribution in [0.15, 0.2) is 34.8 Å². The average molecular weight is 365 g/mol. The van der Waals surface area contributed by atoms with E-state index in [0.29, 0.717) is 37.6 Å². The molecule has 6 heteroatoms. The lowest BCUT2D eigenvalue weighted by Crippen LogP contribution is -2.15. The molecule has 0 aromatic heterocycles. The van der Waals surface area contributed by atoms with Gasteiger partial charge >= 0.3 is 0 Å². The van der Waals surface area contributed by atoms with Gasteiger partial charge in [0.1, 0.15) is 6.07 Å². The van der Waals surface area contributed by atoms with Gasteiger partial charge in [-0.2, -0.15) is 5.26 Å². The average Bonchev–Trinajstić information content (AvgIpc) is 2.43. The topological polar surface area (TPSA) is 78.9 Å². The zero-order valence-electron chi connectivity index (χ0n) is 11.1. The summed E-state index contributed by atoms with van der Waals surface area (Å²) in [7, 11) is 0. The van der Waals surface area contributed by atoms with Crippen LogP contribution in [-0.4, -0.2) is 5.91 Å². The van der Waals surface area contributed by atoms with Gasteiger partial charge in [-0.25, -0.2) is 0 Å². The predicted molar refractivity (Wildman–Crippen MR) is 87.4 cm³/mol. The summed E-state index contributed by atoms with van der Waals surface area (Å²) in [5.41, 5.74) is 8.19.